The van der Waals surface area contributed by atoms with Crippen LogP contribution in [-0.2, 0) is 35.7 Å². The molecule has 0 radical (unpaired) electrons. The van der Waals surface area contributed by atoms with Crippen molar-refractivity contribution in [3.63, 3.8) is 0 Å². The lowest BCUT2D eigenvalue weighted by atomic mass is 9.95. The Morgan fingerprint density at radius 3 is 1.00 bits per heavy atom. The lowest BCUT2D eigenvalue weighted by molar-refractivity contribution is 0.161. The van der Waals surface area contributed by atoms with Gasteiger partial charge in [0, 0.05) is 95.1 Å². The van der Waals surface area contributed by atoms with E-state index in [9.17, 15) is 49.3 Å². The van der Waals surface area contributed by atoms with Crippen LogP contribution in [0.25, 0.3) is 91.4 Å². The van der Waals surface area contributed by atoms with Crippen molar-refractivity contribution in [1.29, 1.82) is 21.0 Å². The Bertz CT molecular complexity index is 6660. The molecular formula is C108H118N18O14S. The van der Waals surface area contributed by atoms with Crippen LogP contribution < -0.4 is 29.6 Å². The fraction of sp³-hybridized carbons (Fsp3) is 0.389. The van der Waals surface area contributed by atoms with Crippen LogP contribution in [0.2, 0.25) is 0 Å². The fourth-order valence-corrected chi connectivity index (χ4v) is 20.5. The summed E-state index contributed by atoms with van der Waals surface area (Å²) in [5.74, 6) is 5.95. The third-order valence-electron chi connectivity index (χ3n) is 26.0. The minimum atomic E-state index is -3.33. The molecule has 0 spiro atoms. The van der Waals surface area contributed by atoms with Crippen molar-refractivity contribution in [2.45, 2.75) is 208 Å². The zero-order chi connectivity index (χ0) is 100. The highest BCUT2D eigenvalue weighted by atomic mass is 32.2. The molecule has 32 nitrogen and oxygen atoms in total. The highest BCUT2D eigenvalue weighted by Gasteiger charge is 2.38. The number of nitriles is 4. The smallest absolute Gasteiger partial charge is 0.317 e. The van der Waals surface area contributed by atoms with Crippen LogP contribution in [0.4, 0.5) is 9.59 Å². The molecule has 0 unspecified atom stereocenters. The summed E-state index contributed by atoms with van der Waals surface area (Å²) in [7, 11) is -1.14. The first kappa shape index (κ1) is 100. The number of carbonyl (C=O) groups excluding carboxylic acids is 2. The Kier molecular flexibility index (Phi) is 31.9. The molecule has 2 aliphatic heterocycles. The van der Waals surface area contributed by atoms with Gasteiger partial charge in [-0.05, 0) is 276 Å². The second-order valence-corrected chi connectivity index (χ2v) is 39.1. The predicted molar refractivity (Wildman–Crippen MR) is 531 cm³/mol. The van der Waals surface area contributed by atoms with Crippen molar-refractivity contribution in [3.8, 4) is 139 Å². The molecular weight excluding hydrogens is 1810 g/mol. The number of urea groups is 2. The number of aromatic nitrogens is 8. The van der Waals surface area contributed by atoms with Crippen molar-refractivity contribution >= 4 is 22.1 Å². The van der Waals surface area contributed by atoms with Crippen molar-refractivity contribution in [2.24, 2.45) is 11.8 Å². The Morgan fingerprint density at radius 1 is 0.433 bits per heavy atom. The second kappa shape index (κ2) is 44.8. The second-order valence-electron chi connectivity index (χ2n) is 37.2. The molecule has 730 valence electrons. The van der Waals surface area contributed by atoms with Gasteiger partial charge in [-0.2, -0.15) is 45.3 Å². The number of fused-ring (bicyclic) bond motifs is 4. The Morgan fingerprint density at radius 2 is 0.716 bits per heavy atom. The number of nitrogens with one attached hydrogen (secondary N) is 2. The van der Waals surface area contributed by atoms with E-state index in [1.54, 1.807) is 80.8 Å². The number of aliphatic hydroxyl groups is 2. The van der Waals surface area contributed by atoms with Crippen LogP contribution in [0.5, 0.6) is 23.0 Å². The Labute approximate surface area is 821 Å². The molecule has 4 N–H and O–H groups in total. The van der Waals surface area contributed by atoms with Crippen molar-refractivity contribution in [1.82, 2.24) is 70.2 Å². The number of rotatable bonds is 27. The van der Waals surface area contributed by atoms with E-state index in [1.807, 2.05) is 123 Å². The monoisotopic (exact) mass is 1920 g/mol. The lowest BCUT2D eigenvalue weighted by Crippen LogP contribution is -2.45. The van der Waals surface area contributed by atoms with E-state index in [-0.39, 0.29) is 78.0 Å². The number of sulfonamides is 1. The number of nitrogens with zero attached hydrogens (tertiary/aromatic N) is 16. The number of carbonyl (C=O) groups is 2. The summed E-state index contributed by atoms with van der Waals surface area (Å²) in [5, 5.41) is 80.7. The average Bonchev–Trinajstić information content (AvgIpc) is 1.62. The van der Waals surface area contributed by atoms with E-state index in [1.165, 1.54) is 17.4 Å². The van der Waals surface area contributed by atoms with Gasteiger partial charge in [0.1, 0.15) is 47.3 Å². The van der Waals surface area contributed by atoms with Gasteiger partial charge in [-0.15, -0.1) is 0 Å². The topological polar surface area (TPSA) is 434 Å². The minimum absolute atomic E-state index is 0.00618. The maximum absolute atomic E-state index is 12.9. The molecule has 4 atom stereocenters. The van der Waals surface area contributed by atoms with Gasteiger partial charge in [0.2, 0.25) is 33.3 Å². The van der Waals surface area contributed by atoms with Gasteiger partial charge in [-0.1, -0.05) is 120 Å². The van der Waals surface area contributed by atoms with Gasteiger partial charge in [-0.3, -0.25) is 4.90 Å². The zero-order valence-corrected chi connectivity index (χ0v) is 82.4. The van der Waals surface area contributed by atoms with Gasteiger partial charge in [0.05, 0.1) is 82.6 Å². The zero-order valence-electron chi connectivity index (χ0n) is 81.5. The number of hydrogen-bond donors (Lipinski definition) is 4. The molecule has 0 bridgehead atoms. The molecule has 8 aromatic carbocycles. The SMILES string of the molecule is C=C(O)C1CCN(C(=O)N[C@@H]2CCc3c(-c4noc(-c5ccc(OC(C)C)c(C#N)c5)n4)cccc32)CC1.C=C(O)C1CCN(C(=O)N[C@H]2CCc3c(-c4noc(-c5ccc(OC(C)C)c(C#N)c5)n4)cccc32)CC1.CCCN(C)[C@@H]1CCc2c(-c3noc(-c4ccc(OC(C)C)c(C#N)c4)n3)cccc21.CCCN([C@@H]1CCc2c(-c3noc(-c4ccc(OC(C)C)c(C#N)c4)n3)cccc21)S(C)(=O)=O. The normalized spacial score (nSPS) is 16.4. The molecule has 18 rings (SSSR count). The van der Waals surface area contributed by atoms with E-state index in [4.69, 9.17) is 37.0 Å². The summed E-state index contributed by atoms with van der Waals surface area (Å²) in [4.78, 5) is 50.4. The van der Waals surface area contributed by atoms with Gasteiger partial charge >= 0.3 is 12.1 Å². The van der Waals surface area contributed by atoms with Crippen LogP contribution in [0.1, 0.15) is 224 Å². The van der Waals surface area contributed by atoms with Crippen molar-refractivity contribution < 1.29 is 65.3 Å². The third kappa shape index (κ3) is 23.3. The number of benzene rings is 8. The van der Waals surface area contributed by atoms with Crippen LogP contribution in [0.3, 0.4) is 0 Å². The molecule has 2 saturated heterocycles. The fourth-order valence-electron chi connectivity index (χ4n) is 19.3. The number of allylic oxidation sites excluding steroid dienone is 2. The van der Waals surface area contributed by atoms with E-state index < -0.39 is 10.0 Å². The van der Waals surface area contributed by atoms with Gasteiger partial charge < -0.3 is 67.7 Å². The van der Waals surface area contributed by atoms with E-state index >= 15 is 0 Å². The summed E-state index contributed by atoms with van der Waals surface area (Å²) in [5.41, 5.74) is 16.9. The molecule has 4 amide bonds. The number of piperidine rings is 2. The largest absolute Gasteiger partial charge is 0.513 e. The van der Waals surface area contributed by atoms with Crippen LogP contribution in [-0.4, -0.2) is 167 Å². The maximum Gasteiger partial charge on any atom is 0.317 e. The predicted octanol–water partition coefficient (Wildman–Crippen LogP) is 21.2. The van der Waals surface area contributed by atoms with Crippen LogP contribution in [0, 0.1) is 57.2 Å². The summed E-state index contributed by atoms with van der Waals surface area (Å²) in [6.07, 6.45) is 12.6. The number of ether oxygens (including phenoxy) is 4. The average molecular weight is 1920 g/mol. The standard InChI is InChI=1S/2C29H31N5O4.C25H28N4O4S.C25H28N4O2/c2*1-17(2)37-26-10-7-20(15-21(26)16-30)28-32-27(33-38-28)24-6-4-5-23-22(24)8-9-25(23)31-29(36)34-13-11-19(12-14-34)18(3)35;1-5-13-29(34(4,30)31)22-11-10-19-20(22)7-6-8-21(19)24-27-25(33-28-24)17-9-12-23(32-16(2)3)18(14-17)15-26;1-5-13-29(4)22-11-10-19-20(22)7-6-8-21(19)24-27-25(31-28-24)17-9-12-23(30-16(2)3)18(14-17)15-26/h2*4-7,10,15,17,19,25,35H,3,8-9,11-14H2,1-2H3,(H,31,36);6-9,12,14,16,22H,5,10-11,13H2,1-4H3;6-9,12,14,16,22H,5,10-11,13H2,1-4H3/t2*25-;2*22-/m1011/s1. The van der Waals surface area contributed by atoms with Crippen molar-refractivity contribution in [3.05, 3.63) is 237 Å². The summed E-state index contributed by atoms with van der Waals surface area (Å²) < 4.78 is 71.5. The minimum Gasteiger partial charge on any atom is -0.513 e. The molecule has 33 heteroatoms. The number of aliphatic hydroxyl groups excluding tert-OH is 2. The molecule has 4 aliphatic carbocycles. The molecule has 4 aromatic heterocycles. The molecule has 141 heavy (non-hydrogen) atoms. The molecule has 6 aliphatic rings. The number of hydrogen-bond acceptors (Lipinski definition) is 27. The summed E-state index contributed by atoms with van der Waals surface area (Å²) in [6.45, 7) is 30.7. The first-order chi connectivity index (χ1) is 67.9. The van der Waals surface area contributed by atoms with Crippen LogP contribution >= 0.6 is 0 Å². The molecule has 2 fully saturated rings. The molecule has 12 aromatic rings. The number of amides is 4. The van der Waals surface area contributed by atoms with E-state index in [0.29, 0.717) is 160 Å². The highest BCUT2D eigenvalue weighted by molar-refractivity contribution is 7.88. The quantitative estimate of drug-likeness (QED) is 0.0347. The first-order valence-electron chi connectivity index (χ1n) is 48.1. The Hall–Kier alpha value is -15.0. The van der Waals surface area contributed by atoms with E-state index in [0.717, 1.165) is 146 Å². The maximum atomic E-state index is 12.9. The summed E-state index contributed by atoms with van der Waals surface area (Å²) >= 11 is 0. The molecule has 0 saturated carbocycles. The lowest BCUT2D eigenvalue weighted by Gasteiger charge is -2.32. The first-order valence-corrected chi connectivity index (χ1v) is 50.0. The van der Waals surface area contributed by atoms with Gasteiger partial charge in [0.15, 0.2) is 0 Å². The van der Waals surface area contributed by atoms with Crippen LogP contribution in [0.15, 0.2) is 188 Å². The van der Waals surface area contributed by atoms with Crippen molar-refractivity contribution in [2.75, 3.05) is 52.6 Å². The van der Waals surface area contributed by atoms with Gasteiger partial charge in [0.25, 0.3) is 23.6 Å². The Balaban J connectivity index is 0.000000142. The third-order valence-corrected chi connectivity index (χ3v) is 27.2. The summed E-state index contributed by atoms with van der Waals surface area (Å²) in [6, 6.07) is 53.6. The molecule has 6 heterocycles. The highest BCUT2D eigenvalue weighted by Crippen LogP contribution is 2.46. The number of likely N-dealkylation sites (tertiary alicyclic amines) is 2. The van der Waals surface area contributed by atoms with Gasteiger partial charge in [-0.25, -0.2) is 18.0 Å². The van der Waals surface area contributed by atoms with E-state index in [2.05, 4.69) is 126 Å².